The zero-order valence-corrected chi connectivity index (χ0v) is 16.4. The van der Waals surface area contributed by atoms with Gasteiger partial charge in [0.05, 0.1) is 13.2 Å². The van der Waals surface area contributed by atoms with E-state index >= 15 is 0 Å². The highest BCUT2D eigenvalue weighted by Gasteiger charge is 2.16. The number of nitrogens with one attached hydrogen (secondary N) is 1. The van der Waals surface area contributed by atoms with Crippen LogP contribution in [-0.2, 0) is 11.2 Å². The second-order valence-electron chi connectivity index (χ2n) is 6.77. The van der Waals surface area contributed by atoms with Crippen molar-refractivity contribution in [3.63, 3.8) is 0 Å². The minimum atomic E-state index is -0.134. The van der Waals surface area contributed by atoms with Gasteiger partial charge in [-0.15, -0.1) is 0 Å². The van der Waals surface area contributed by atoms with Gasteiger partial charge in [-0.05, 0) is 45.7 Å². The van der Waals surface area contributed by atoms with Gasteiger partial charge >= 0.3 is 0 Å². The summed E-state index contributed by atoms with van der Waals surface area (Å²) in [5.74, 6) is 1.35. The third-order valence-electron chi connectivity index (χ3n) is 4.82. The summed E-state index contributed by atoms with van der Waals surface area (Å²) in [5.41, 5.74) is 4.99. The van der Waals surface area contributed by atoms with Gasteiger partial charge in [0.15, 0.2) is 0 Å². The number of ether oxygens (including phenoxy) is 1. The summed E-state index contributed by atoms with van der Waals surface area (Å²) in [6.45, 7) is 7.91. The van der Waals surface area contributed by atoms with E-state index in [2.05, 4.69) is 20.4 Å². The van der Waals surface area contributed by atoms with Crippen molar-refractivity contribution in [2.24, 2.45) is 0 Å². The van der Waals surface area contributed by atoms with Gasteiger partial charge in [0.1, 0.15) is 12.1 Å². The van der Waals surface area contributed by atoms with Crippen LogP contribution in [0.5, 0.6) is 5.75 Å². The molecule has 0 aliphatic heterocycles. The van der Waals surface area contributed by atoms with Gasteiger partial charge in [-0.25, -0.2) is 9.50 Å². The predicted molar refractivity (Wildman–Crippen MR) is 103 cm³/mol. The Morgan fingerprint density at radius 3 is 2.81 bits per heavy atom. The average molecular weight is 367 g/mol. The molecule has 7 heteroatoms. The zero-order chi connectivity index (χ0) is 19.6. The van der Waals surface area contributed by atoms with E-state index < -0.39 is 0 Å². The molecule has 2 heterocycles. The Bertz CT molecular complexity index is 980. The molecule has 0 aliphatic carbocycles. The number of benzene rings is 1. The molecular weight excluding hydrogens is 342 g/mol. The fourth-order valence-corrected chi connectivity index (χ4v) is 3.34. The third kappa shape index (κ3) is 3.92. The van der Waals surface area contributed by atoms with E-state index in [1.807, 2.05) is 45.9 Å². The van der Waals surface area contributed by atoms with Crippen LogP contribution in [0.1, 0.15) is 47.5 Å². The second kappa shape index (κ2) is 7.73. The van der Waals surface area contributed by atoms with E-state index in [0.717, 1.165) is 33.8 Å². The molecule has 0 aliphatic rings. The largest absolute Gasteiger partial charge is 0.496 e. The van der Waals surface area contributed by atoms with Crippen molar-refractivity contribution in [2.75, 3.05) is 7.11 Å². The van der Waals surface area contributed by atoms with Crippen LogP contribution in [0.2, 0.25) is 0 Å². The molecule has 0 bridgehead atoms. The van der Waals surface area contributed by atoms with Crippen molar-refractivity contribution in [2.45, 2.75) is 46.6 Å². The highest BCUT2D eigenvalue weighted by Crippen LogP contribution is 2.26. The molecule has 0 saturated heterocycles. The SMILES string of the molecule is COc1ccc(C)cc1C(C)NC(=O)CCc1c(C)nc2ncnn2c1C. The number of aromatic nitrogens is 4. The highest BCUT2D eigenvalue weighted by molar-refractivity contribution is 5.77. The van der Waals surface area contributed by atoms with Crippen molar-refractivity contribution >= 4 is 11.7 Å². The topological polar surface area (TPSA) is 81.4 Å². The fraction of sp³-hybridized carbons (Fsp3) is 0.400. The van der Waals surface area contributed by atoms with Gasteiger partial charge in [-0.1, -0.05) is 17.7 Å². The maximum absolute atomic E-state index is 12.5. The normalized spacial score (nSPS) is 12.2. The predicted octanol–water partition coefficient (Wildman–Crippen LogP) is 2.87. The molecule has 0 radical (unpaired) electrons. The summed E-state index contributed by atoms with van der Waals surface area (Å²) in [7, 11) is 1.64. The van der Waals surface area contributed by atoms with E-state index in [0.29, 0.717) is 18.6 Å². The summed E-state index contributed by atoms with van der Waals surface area (Å²) in [6.07, 6.45) is 2.47. The first-order valence-corrected chi connectivity index (χ1v) is 9.00. The Kier molecular flexibility index (Phi) is 5.39. The van der Waals surface area contributed by atoms with Crippen LogP contribution in [0, 0.1) is 20.8 Å². The van der Waals surface area contributed by atoms with Gasteiger partial charge in [-0.3, -0.25) is 4.79 Å². The molecule has 27 heavy (non-hydrogen) atoms. The Balaban J connectivity index is 1.69. The van der Waals surface area contributed by atoms with Crippen molar-refractivity contribution in [1.82, 2.24) is 24.9 Å². The van der Waals surface area contributed by atoms with E-state index in [9.17, 15) is 4.79 Å². The van der Waals surface area contributed by atoms with Crippen molar-refractivity contribution in [1.29, 1.82) is 0 Å². The smallest absolute Gasteiger partial charge is 0.252 e. The molecule has 0 fully saturated rings. The molecule has 2 aromatic heterocycles. The first-order chi connectivity index (χ1) is 12.9. The summed E-state index contributed by atoms with van der Waals surface area (Å²) in [5, 5.41) is 7.26. The van der Waals surface area contributed by atoms with Gasteiger partial charge in [0.2, 0.25) is 5.91 Å². The van der Waals surface area contributed by atoms with Crippen molar-refractivity contribution in [3.05, 3.63) is 52.6 Å². The van der Waals surface area contributed by atoms with Gasteiger partial charge in [-0.2, -0.15) is 10.1 Å². The Hall–Kier alpha value is -2.96. The lowest BCUT2D eigenvalue weighted by Gasteiger charge is -2.18. The van der Waals surface area contributed by atoms with Crippen LogP contribution in [0.3, 0.4) is 0 Å². The lowest BCUT2D eigenvalue weighted by Crippen LogP contribution is -2.27. The molecule has 3 aromatic rings. The number of nitrogens with zero attached hydrogens (tertiary/aromatic N) is 4. The lowest BCUT2D eigenvalue weighted by atomic mass is 10.0. The zero-order valence-electron chi connectivity index (χ0n) is 16.4. The fourth-order valence-electron chi connectivity index (χ4n) is 3.34. The standard InChI is InChI=1S/C20H25N5O2/c1-12-6-8-18(27-5)17(10-12)14(3)23-19(26)9-7-16-13(2)24-20-21-11-22-25(20)15(16)4/h6,8,10-11,14H,7,9H2,1-5H3,(H,23,26). The van der Waals surface area contributed by atoms with E-state index in [4.69, 9.17) is 4.74 Å². The first-order valence-electron chi connectivity index (χ1n) is 9.00. The monoisotopic (exact) mass is 367 g/mol. The Labute approximate surface area is 158 Å². The van der Waals surface area contributed by atoms with Crippen LogP contribution in [0.15, 0.2) is 24.5 Å². The summed E-state index contributed by atoms with van der Waals surface area (Å²) >= 11 is 0. The lowest BCUT2D eigenvalue weighted by molar-refractivity contribution is -0.121. The van der Waals surface area contributed by atoms with Crippen LogP contribution >= 0.6 is 0 Å². The molecular formula is C20H25N5O2. The number of fused-ring (bicyclic) bond motifs is 1. The number of hydrogen-bond acceptors (Lipinski definition) is 5. The van der Waals surface area contributed by atoms with Crippen LogP contribution in [0.4, 0.5) is 0 Å². The van der Waals surface area contributed by atoms with Crippen molar-refractivity contribution in [3.8, 4) is 5.75 Å². The van der Waals surface area contributed by atoms with Gasteiger partial charge in [0.25, 0.3) is 5.78 Å². The van der Waals surface area contributed by atoms with Crippen LogP contribution in [0.25, 0.3) is 5.78 Å². The molecule has 1 atom stereocenters. The van der Waals surface area contributed by atoms with Crippen molar-refractivity contribution < 1.29 is 9.53 Å². The molecule has 1 amide bonds. The quantitative estimate of drug-likeness (QED) is 0.724. The van der Waals surface area contributed by atoms with Gasteiger partial charge in [0, 0.05) is 23.4 Å². The number of rotatable bonds is 6. The Morgan fingerprint density at radius 2 is 2.07 bits per heavy atom. The minimum Gasteiger partial charge on any atom is -0.496 e. The molecule has 1 N–H and O–H groups in total. The number of aryl methyl sites for hydroxylation is 3. The highest BCUT2D eigenvalue weighted by atomic mass is 16.5. The summed E-state index contributed by atoms with van der Waals surface area (Å²) < 4.78 is 7.13. The molecule has 1 unspecified atom stereocenters. The number of methoxy groups -OCH3 is 1. The molecule has 142 valence electrons. The molecule has 1 aromatic carbocycles. The molecule has 0 spiro atoms. The van der Waals surface area contributed by atoms with E-state index in [-0.39, 0.29) is 11.9 Å². The Morgan fingerprint density at radius 1 is 1.30 bits per heavy atom. The summed E-state index contributed by atoms with van der Waals surface area (Å²) in [6, 6.07) is 5.83. The molecule has 7 nitrogen and oxygen atoms in total. The van der Waals surface area contributed by atoms with Gasteiger partial charge < -0.3 is 10.1 Å². The van der Waals surface area contributed by atoms with E-state index in [1.165, 1.54) is 6.33 Å². The molecule has 3 rings (SSSR count). The maximum Gasteiger partial charge on any atom is 0.252 e. The number of hydrogen-bond donors (Lipinski definition) is 1. The maximum atomic E-state index is 12.5. The number of carbonyl (C=O) groups excluding carboxylic acids is 1. The minimum absolute atomic E-state index is 0.0106. The number of amides is 1. The second-order valence-corrected chi connectivity index (χ2v) is 6.77. The summed E-state index contributed by atoms with van der Waals surface area (Å²) in [4.78, 5) is 21.1. The first kappa shape index (κ1) is 18.8. The average Bonchev–Trinajstić information content (AvgIpc) is 3.09. The third-order valence-corrected chi connectivity index (χ3v) is 4.82. The van der Waals surface area contributed by atoms with Crippen LogP contribution < -0.4 is 10.1 Å². The van der Waals surface area contributed by atoms with Crippen LogP contribution in [-0.4, -0.2) is 32.6 Å². The number of carbonyl (C=O) groups is 1. The molecule has 0 saturated carbocycles. The van der Waals surface area contributed by atoms with E-state index in [1.54, 1.807) is 11.6 Å².